The minimum atomic E-state index is -0.294. The zero-order chi connectivity index (χ0) is 22.2. The molecule has 8 heteroatoms. The molecule has 2 saturated heterocycles. The molecule has 7 nitrogen and oxygen atoms in total. The van der Waals surface area contributed by atoms with Crippen molar-refractivity contribution in [3.8, 4) is 11.5 Å². The summed E-state index contributed by atoms with van der Waals surface area (Å²) in [5.74, 6) is 3.35. The summed E-state index contributed by atoms with van der Waals surface area (Å²) in [7, 11) is 0. The molecule has 0 radical (unpaired) electrons. The zero-order valence-electron chi connectivity index (χ0n) is 19.0. The first-order valence-electron chi connectivity index (χ1n) is 11.8. The van der Waals surface area contributed by atoms with Gasteiger partial charge in [-0.2, -0.15) is 0 Å². The molecule has 1 aliphatic carbocycles. The van der Waals surface area contributed by atoms with Gasteiger partial charge in [0.2, 0.25) is 18.6 Å². The second-order valence-corrected chi connectivity index (χ2v) is 11.0. The monoisotopic (exact) mass is 459 g/mol. The quantitative estimate of drug-likeness (QED) is 0.652. The van der Waals surface area contributed by atoms with Crippen LogP contribution in [0.2, 0.25) is 0 Å². The summed E-state index contributed by atoms with van der Waals surface area (Å²) in [5, 5.41) is 0.143. The summed E-state index contributed by atoms with van der Waals surface area (Å²) in [6.07, 6.45) is 2.91. The van der Waals surface area contributed by atoms with Gasteiger partial charge in [-0.1, -0.05) is 19.9 Å². The van der Waals surface area contributed by atoms with Crippen molar-refractivity contribution in [3.63, 3.8) is 0 Å². The van der Waals surface area contributed by atoms with Gasteiger partial charge < -0.3 is 19.3 Å². The number of piperazine rings is 1. The molecule has 1 aromatic rings. The fourth-order valence-electron chi connectivity index (χ4n) is 4.81. The van der Waals surface area contributed by atoms with E-state index in [-0.39, 0.29) is 35.9 Å². The molecule has 0 spiro atoms. The highest BCUT2D eigenvalue weighted by atomic mass is 32.2. The van der Waals surface area contributed by atoms with E-state index < -0.39 is 0 Å². The predicted octanol–water partition coefficient (Wildman–Crippen LogP) is 2.79. The van der Waals surface area contributed by atoms with E-state index in [9.17, 15) is 9.59 Å². The van der Waals surface area contributed by atoms with Gasteiger partial charge in [0.25, 0.3) is 0 Å². The minimum absolute atomic E-state index is 0.139. The van der Waals surface area contributed by atoms with E-state index in [0.717, 1.165) is 56.1 Å². The number of fused-ring (bicyclic) bond motifs is 1. The minimum Gasteiger partial charge on any atom is -0.454 e. The summed E-state index contributed by atoms with van der Waals surface area (Å²) in [4.78, 5) is 32.8. The van der Waals surface area contributed by atoms with E-state index >= 15 is 0 Å². The highest BCUT2D eigenvalue weighted by Crippen LogP contribution is 2.40. The third kappa shape index (κ3) is 4.57. The molecule has 2 unspecified atom stereocenters. The molecule has 1 aromatic carbocycles. The Kier molecular flexibility index (Phi) is 6.25. The second-order valence-electron chi connectivity index (χ2n) is 9.74. The van der Waals surface area contributed by atoms with E-state index in [0.29, 0.717) is 19.0 Å². The Labute approximate surface area is 194 Å². The number of nitrogens with zero attached hydrogens (tertiary/aromatic N) is 3. The van der Waals surface area contributed by atoms with Crippen molar-refractivity contribution in [2.45, 2.75) is 51.1 Å². The summed E-state index contributed by atoms with van der Waals surface area (Å²) >= 11 is 1.79. The van der Waals surface area contributed by atoms with Crippen LogP contribution in [0.5, 0.6) is 11.5 Å². The lowest BCUT2D eigenvalue weighted by Gasteiger charge is -2.38. The molecule has 5 rings (SSSR count). The van der Waals surface area contributed by atoms with Crippen LogP contribution in [0.4, 0.5) is 0 Å². The number of benzene rings is 1. The molecule has 2 atom stereocenters. The van der Waals surface area contributed by atoms with Crippen molar-refractivity contribution in [3.05, 3.63) is 23.8 Å². The molecule has 0 aromatic heterocycles. The molecule has 0 N–H and O–H groups in total. The van der Waals surface area contributed by atoms with Crippen LogP contribution in [0, 0.1) is 11.8 Å². The average molecular weight is 460 g/mol. The molecule has 1 saturated carbocycles. The maximum absolute atomic E-state index is 13.5. The largest absolute Gasteiger partial charge is 0.454 e. The topological polar surface area (TPSA) is 62.3 Å². The highest BCUT2D eigenvalue weighted by Gasteiger charge is 2.47. The molecule has 4 aliphatic rings. The van der Waals surface area contributed by atoms with Crippen molar-refractivity contribution in [2.24, 2.45) is 11.8 Å². The molecular weight excluding hydrogens is 426 g/mol. The number of carbonyl (C=O) groups is 2. The maximum atomic E-state index is 13.5. The SMILES string of the molecule is CC(C)CC1SCC(C(=O)N2CCN(Cc3ccc4c(c3)OCO4)CC2)N1C(=O)C1CC1. The van der Waals surface area contributed by atoms with Crippen LogP contribution < -0.4 is 9.47 Å². The number of thioether (sulfide) groups is 1. The highest BCUT2D eigenvalue weighted by molar-refractivity contribution is 8.00. The van der Waals surface area contributed by atoms with Crippen LogP contribution in [0.1, 0.15) is 38.7 Å². The third-order valence-corrected chi connectivity index (χ3v) is 8.07. The molecule has 32 heavy (non-hydrogen) atoms. The van der Waals surface area contributed by atoms with Crippen molar-refractivity contribution in [2.75, 3.05) is 38.7 Å². The third-order valence-electron chi connectivity index (χ3n) is 6.76. The maximum Gasteiger partial charge on any atom is 0.246 e. The van der Waals surface area contributed by atoms with Crippen molar-refractivity contribution < 1.29 is 19.1 Å². The van der Waals surface area contributed by atoms with Gasteiger partial charge in [0.1, 0.15) is 6.04 Å². The van der Waals surface area contributed by atoms with Gasteiger partial charge in [0.15, 0.2) is 11.5 Å². The lowest BCUT2D eigenvalue weighted by molar-refractivity contribution is -0.146. The summed E-state index contributed by atoms with van der Waals surface area (Å²) < 4.78 is 10.9. The first kappa shape index (κ1) is 21.9. The summed E-state index contributed by atoms with van der Waals surface area (Å²) in [5.41, 5.74) is 1.19. The molecule has 3 heterocycles. The summed E-state index contributed by atoms with van der Waals surface area (Å²) in [6.45, 7) is 8.61. The van der Waals surface area contributed by atoms with E-state index in [4.69, 9.17) is 9.47 Å². The zero-order valence-corrected chi connectivity index (χ0v) is 19.8. The Balaban J connectivity index is 1.18. The predicted molar refractivity (Wildman–Crippen MR) is 123 cm³/mol. The fraction of sp³-hybridized carbons (Fsp3) is 0.667. The smallest absolute Gasteiger partial charge is 0.246 e. The number of hydrogen-bond donors (Lipinski definition) is 0. The van der Waals surface area contributed by atoms with Crippen LogP contribution in [-0.4, -0.2) is 76.7 Å². The Bertz CT molecular complexity index is 867. The fourth-order valence-corrected chi connectivity index (χ4v) is 6.45. The molecule has 3 aliphatic heterocycles. The van der Waals surface area contributed by atoms with Crippen LogP contribution in [0.15, 0.2) is 18.2 Å². The Morgan fingerprint density at radius 3 is 2.53 bits per heavy atom. The number of rotatable bonds is 6. The first-order chi connectivity index (χ1) is 15.5. The molecule has 0 bridgehead atoms. The number of hydrogen-bond acceptors (Lipinski definition) is 6. The van der Waals surface area contributed by atoms with E-state index in [1.54, 1.807) is 11.8 Å². The van der Waals surface area contributed by atoms with Crippen LogP contribution in [0.3, 0.4) is 0 Å². The molecule has 3 fully saturated rings. The van der Waals surface area contributed by atoms with Gasteiger partial charge in [0, 0.05) is 44.4 Å². The van der Waals surface area contributed by atoms with Gasteiger partial charge in [0.05, 0.1) is 5.37 Å². The normalized spacial score (nSPS) is 25.6. The van der Waals surface area contributed by atoms with Crippen molar-refractivity contribution in [1.29, 1.82) is 0 Å². The van der Waals surface area contributed by atoms with Crippen LogP contribution in [0.25, 0.3) is 0 Å². The van der Waals surface area contributed by atoms with E-state index in [2.05, 4.69) is 24.8 Å². The second kappa shape index (κ2) is 9.14. The average Bonchev–Trinajstić information content (AvgIpc) is 3.39. The van der Waals surface area contributed by atoms with E-state index in [1.165, 1.54) is 5.56 Å². The van der Waals surface area contributed by atoms with Crippen molar-refractivity contribution >= 4 is 23.6 Å². The molecule has 174 valence electrons. The molecule has 2 amide bonds. The van der Waals surface area contributed by atoms with Gasteiger partial charge in [-0.3, -0.25) is 14.5 Å². The number of carbonyl (C=O) groups excluding carboxylic acids is 2. The van der Waals surface area contributed by atoms with Gasteiger partial charge in [-0.05, 0) is 42.9 Å². The number of amides is 2. The standard InChI is InChI=1S/C24H33N3O4S/c1-16(2)11-22-27(23(28)18-4-5-18)19(14-32-22)24(29)26-9-7-25(8-10-26)13-17-3-6-20-21(12-17)31-15-30-20/h3,6,12,16,18-19,22H,4-5,7-11,13-15H2,1-2H3. The molecular formula is C24H33N3O4S. The number of ether oxygens (including phenoxy) is 2. The van der Waals surface area contributed by atoms with E-state index in [1.807, 2.05) is 21.9 Å². The summed E-state index contributed by atoms with van der Waals surface area (Å²) in [6, 6.07) is 5.80. The Hall–Kier alpha value is -1.93. The van der Waals surface area contributed by atoms with Crippen LogP contribution >= 0.6 is 11.8 Å². The van der Waals surface area contributed by atoms with Crippen molar-refractivity contribution in [1.82, 2.24) is 14.7 Å². The van der Waals surface area contributed by atoms with Crippen LogP contribution in [-0.2, 0) is 16.1 Å². The van der Waals surface area contributed by atoms with Gasteiger partial charge in [-0.25, -0.2) is 0 Å². The lowest BCUT2D eigenvalue weighted by atomic mass is 10.1. The lowest BCUT2D eigenvalue weighted by Crippen LogP contribution is -2.56. The van der Waals surface area contributed by atoms with Gasteiger partial charge in [-0.15, -0.1) is 11.8 Å². The van der Waals surface area contributed by atoms with Gasteiger partial charge >= 0.3 is 0 Å². The first-order valence-corrected chi connectivity index (χ1v) is 12.9. The Morgan fingerprint density at radius 2 is 1.81 bits per heavy atom. The Morgan fingerprint density at radius 1 is 1.06 bits per heavy atom.